The number of aryl methyl sites for hydroxylation is 6. The largest absolute Gasteiger partial charge is 0.399 e. The van der Waals surface area contributed by atoms with Crippen LogP contribution in [0.15, 0.2) is 292 Å². The van der Waals surface area contributed by atoms with E-state index in [2.05, 4.69) is 272 Å². The van der Waals surface area contributed by atoms with Crippen LogP contribution in [-0.4, -0.2) is 181 Å². The van der Waals surface area contributed by atoms with Gasteiger partial charge in [-0.15, -0.1) is 0 Å². The molecule has 132 heavy (non-hydrogen) atoms. The van der Waals surface area contributed by atoms with Crippen molar-refractivity contribution in [1.29, 1.82) is 0 Å². The number of nitrogens with zero attached hydrogens (tertiary/aromatic N) is 10. The predicted octanol–water partition coefficient (Wildman–Crippen LogP) is 13.8. The van der Waals surface area contributed by atoms with Gasteiger partial charge >= 0.3 is 0 Å². The van der Waals surface area contributed by atoms with Gasteiger partial charge in [-0.1, -0.05) is 116 Å². The smallest absolute Gasteiger partial charge is 0.205 e. The fourth-order valence-electron chi connectivity index (χ4n) is 14.0. The molecule has 0 aliphatic carbocycles. The van der Waals surface area contributed by atoms with Crippen LogP contribution in [0.3, 0.4) is 0 Å². The number of hydrogen-bond acceptors (Lipinski definition) is 20. The third kappa shape index (κ3) is 38.1. The lowest BCUT2D eigenvalue weighted by Gasteiger charge is -2.22. The number of thiol groups is 2. The van der Waals surface area contributed by atoms with Crippen LogP contribution >= 0.6 is 68.4 Å². The Balaban J connectivity index is 0.000000207. The topological polar surface area (TPSA) is 250 Å². The maximum atomic E-state index is 9.31. The summed E-state index contributed by atoms with van der Waals surface area (Å²) in [6, 6.07) is 85.9. The molecule has 12 N–H and O–H groups in total. The molecule has 0 amide bonds. The number of rotatable bonds is 50. The van der Waals surface area contributed by atoms with Crippen molar-refractivity contribution < 1.29 is 68.3 Å². The Morgan fingerprint density at radius 1 is 0.220 bits per heavy atom. The van der Waals surface area contributed by atoms with Crippen molar-refractivity contribution >= 4 is 175 Å². The maximum Gasteiger partial charge on any atom is 0.205 e. The van der Waals surface area contributed by atoms with Crippen molar-refractivity contribution in [1.82, 2.24) is 0 Å². The first-order chi connectivity index (χ1) is 64.9. The van der Waals surface area contributed by atoms with Crippen LogP contribution in [0, 0.1) is 0 Å². The summed E-state index contributed by atoms with van der Waals surface area (Å²) in [4.78, 5) is 7.87. The number of aromatic nitrogens is 6. The van der Waals surface area contributed by atoms with Crippen molar-refractivity contribution in [3.05, 3.63) is 360 Å². The highest BCUT2D eigenvalue weighted by Gasteiger charge is 2.16. The van der Waals surface area contributed by atoms with E-state index in [1.807, 2.05) is 208 Å². The quantitative estimate of drug-likeness (QED) is 0.00557. The van der Waals surface area contributed by atoms with Crippen LogP contribution in [0.1, 0.15) is 67.5 Å². The minimum Gasteiger partial charge on any atom is -0.399 e. The van der Waals surface area contributed by atoms with E-state index in [0.717, 1.165) is 164 Å². The average Bonchev–Trinajstić information content (AvgIpc) is 0.875. The molecule has 692 valence electrons. The Hall–Kier alpha value is -10.8. The van der Waals surface area contributed by atoms with E-state index in [0.29, 0.717) is 52.4 Å². The number of aliphatic hydroxyl groups is 8. The van der Waals surface area contributed by atoms with Crippen molar-refractivity contribution in [3.63, 3.8) is 0 Å². The van der Waals surface area contributed by atoms with Crippen LogP contribution in [0.5, 0.6) is 0 Å². The summed E-state index contributed by atoms with van der Waals surface area (Å²) >= 11 is 8.59. The van der Waals surface area contributed by atoms with E-state index in [9.17, 15) is 20.4 Å². The van der Waals surface area contributed by atoms with Crippen molar-refractivity contribution in [2.45, 2.75) is 39.3 Å². The van der Waals surface area contributed by atoms with Crippen LogP contribution in [0.25, 0.3) is 72.9 Å². The number of anilines is 6. The molecule has 0 saturated carbocycles. The van der Waals surface area contributed by atoms with Crippen LogP contribution < -0.4 is 58.5 Å². The lowest BCUT2D eigenvalue weighted by atomic mass is 10.1. The van der Waals surface area contributed by atoms with Gasteiger partial charge < -0.3 is 71.9 Å². The first-order valence-corrected chi connectivity index (χ1v) is 50.8. The van der Waals surface area contributed by atoms with E-state index >= 15 is 0 Å². The highest BCUT2D eigenvalue weighted by molar-refractivity contribution is 8.77. The van der Waals surface area contributed by atoms with Gasteiger partial charge in [-0.05, 0) is 179 Å². The standard InChI is InChI=1S/C38H48N4O4S2.C30H30N4S2.2C19H24N2O2S/c43-27-21-41(22-28-44)37-15-9-33(10-16-37)7-13-35-5-1-3-19-39(35)25-31-47-48-32-26-40-20-4-2-6-36(40)14-8-34-11-17-38(18-12-34)42(23-29-45)24-30-46;31-27-13-7-25(8-14-27)11-17-29-5-1-3-19-33(29)21-23-35-36-24-22-34-20-4-2-6-30(34)18-12-26-9-15-28(32)16-10-26;2*22-14-11-21(12-15-23)19-8-5-17(6-9-19)4-7-18-3-1-2-10-20(18)13-16-24/h1-20,43-46H,21-32H2;1-20,31-32H,21-24H2;2*1-10,22-23H,11-16H2/q+2;;;/p+4. The molecule has 0 unspecified atom stereocenters. The predicted molar refractivity (Wildman–Crippen MR) is 564 cm³/mol. The van der Waals surface area contributed by atoms with Gasteiger partial charge in [-0.25, -0.2) is 0 Å². The van der Waals surface area contributed by atoms with Gasteiger partial charge in [-0.3, -0.25) is 0 Å². The van der Waals surface area contributed by atoms with Crippen LogP contribution in [0.2, 0.25) is 0 Å². The second-order valence-corrected chi connectivity index (χ2v) is 36.4. The summed E-state index contributed by atoms with van der Waals surface area (Å²) in [5.74, 6) is 5.69. The monoisotopic (exact) mass is 1890 g/mol. The van der Waals surface area contributed by atoms with Gasteiger partial charge in [0.25, 0.3) is 0 Å². The van der Waals surface area contributed by atoms with E-state index < -0.39 is 0 Å². The Morgan fingerprint density at radius 2 is 0.386 bits per heavy atom. The lowest BCUT2D eigenvalue weighted by Crippen LogP contribution is -2.38. The molecule has 6 heterocycles. The summed E-state index contributed by atoms with van der Waals surface area (Å²) < 4.78 is 13.5. The second-order valence-electron chi connectivity index (χ2n) is 30.1. The van der Waals surface area contributed by atoms with Gasteiger partial charge in [-0.2, -0.15) is 52.7 Å². The molecule has 6 aromatic carbocycles. The fraction of sp³-hybridized carbons (Fsp3) is 0.264. The Morgan fingerprint density at radius 3 is 0.553 bits per heavy atom. The zero-order valence-electron chi connectivity index (χ0n) is 75.2. The first kappa shape index (κ1) is 105. The normalized spacial score (nSPS) is 11.3. The molecule has 0 aliphatic rings. The minimum atomic E-state index is 0.0508. The number of nitrogen functional groups attached to an aromatic ring is 2. The summed E-state index contributed by atoms with van der Waals surface area (Å²) in [6.45, 7) is 10.0. The number of aliphatic hydroxyl groups excluding tert-OH is 8. The highest BCUT2D eigenvalue weighted by atomic mass is 33.1. The van der Waals surface area contributed by atoms with Gasteiger partial charge in [0.2, 0.25) is 34.2 Å². The molecule has 0 saturated heterocycles. The molecule has 0 fully saturated rings. The second kappa shape index (κ2) is 62.6. The lowest BCUT2D eigenvalue weighted by molar-refractivity contribution is -0.694. The number of hydrogen-bond donors (Lipinski definition) is 12. The molecule has 6 aromatic heterocycles. The summed E-state index contributed by atoms with van der Waals surface area (Å²) in [6.07, 6.45) is 38.1. The molecule has 12 aromatic rings. The zero-order valence-corrected chi connectivity index (χ0v) is 80.2. The minimum absolute atomic E-state index is 0.0508. The molecule has 0 aliphatic heterocycles. The summed E-state index contributed by atoms with van der Waals surface area (Å²) in [5, 5.41) is 73.7. The van der Waals surface area contributed by atoms with Gasteiger partial charge in [0.15, 0.2) is 76.4 Å². The molecule has 12 rings (SSSR count). The molecule has 0 bridgehead atoms. The highest BCUT2D eigenvalue weighted by Crippen LogP contribution is 2.25. The zero-order chi connectivity index (χ0) is 93.2. The van der Waals surface area contributed by atoms with Crippen molar-refractivity contribution in [2.24, 2.45) is 0 Å². The molecule has 26 heteroatoms. The fourth-order valence-corrected chi connectivity index (χ4v) is 18.3. The molecular formula is C106H130N12O8S6+6. The van der Waals surface area contributed by atoms with E-state index in [1.165, 1.54) is 11.4 Å². The maximum absolute atomic E-state index is 9.31. The Bertz CT molecular complexity index is 5070. The Labute approximate surface area is 807 Å². The summed E-state index contributed by atoms with van der Waals surface area (Å²) in [7, 11) is 7.64. The average molecular weight is 1890 g/mol. The molecule has 0 atom stereocenters. The molecular weight excluding hydrogens is 1760 g/mol. The summed E-state index contributed by atoms with van der Waals surface area (Å²) in [5.41, 5.74) is 30.8. The van der Waals surface area contributed by atoms with E-state index in [4.69, 9.17) is 31.9 Å². The number of benzene rings is 6. The third-order valence-corrected chi connectivity index (χ3v) is 26.0. The van der Waals surface area contributed by atoms with Crippen LogP contribution in [0.4, 0.5) is 34.1 Å². The molecule has 0 spiro atoms. The van der Waals surface area contributed by atoms with Crippen LogP contribution in [-0.2, 0) is 39.3 Å². The van der Waals surface area contributed by atoms with Gasteiger partial charge in [0, 0.05) is 207 Å². The van der Waals surface area contributed by atoms with Gasteiger partial charge in [0.05, 0.1) is 75.9 Å². The van der Waals surface area contributed by atoms with Crippen molar-refractivity contribution in [2.75, 3.05) is 171 Å². The first-order valence-electron chi connectivity index (χ1n) is 44.6. The SMILES string of the molecule is Nc1ccc(/C=C/c2cccc[n+]2CCSSCC[n+]2ccccc2/C=C/c2ccc(N)cc2)cc1.OCCN(CCO)c1ccc(/C=C/c2cccc[n+]2CCS)cc1.OCCN(CCO)c1ccc(/C=C/c2cccc[n+]2CCS)cc1.OCCN(CCO)c1ccc(/C=C/c2cccc[n+]2CCSSCC[n+]2ccccc2/C=C/c2ccc(N(CCO)CCO)cc2)cc1. The van der Waals surface area contributed by atoms with Gasteiger partial charge in [0.1, 0.15) is 0 Å². The number of nitrogens with two attached hydrogens (primary N) is 2. The molecule has 20 nitrogen and oxygen atoms in total. The number of pyridine rings is 6. The van der Waals surface area contributed by atoms with Crippen molar-refractivity contribution in [3.8, 4) is 0 Å². The van der Waals surface area contributed by atoms with E-state index in [-0.39, 0.29) is 52.9 Å². The Kier molecular flexibility index (Phi) is 49.8. The third-order valence-electron chi connectivity index (χ3n) is 20.9. The molecule has 0 radical (unpaired) electrons. The van der Waals surface area contributed by atoms with E-state index in [1.54, 1.807) is 0 Å².